The van der Waals surface area contributed by atoms with Gasteiger partial charge in [0.15, 0.2) is 0 Å². The molecule has 2 aliphatic heterocycles. The number of amides is 2. The molecule has 2 aliphatic rings. The number of benzene rings is 1. The summed E-state index contributed by atoms with van der Waals surface area (Å²) in [7, 11) is 0. The molecule has 7 nitrogen and oxygen atoms in total. The molecule has 1 aromatic rings. The fraction of sp³-hybridized carbons (Fsp3) is 0.389. The Morgan fingerprint density at radius 1 is 1.38 bits per heavy atom. The van der Waals surface area contributed by atoms with Gasteiger partial charge in [-0.05, 0) is 29.7 Å². The number of carbonyl (C=O) groups excluding carboxylic acids is 2. The minimum Gasteiger partial charge on any atom is -0.477 e. The first-order chi connectivity index (χ1) is 12.5. The summed E-state index contributed by atoms with van der Waals surface area (Å²) < 4.78 is 0. The predicted octanol–water partition coefficient (Wildman–Crippen LogP) is 0.984. The quantitative estimate of drug-likeness (QED) is 0.639. The van der Waals surface area contributed by atoms with Crippen LogP contribution in [0.5, 0.6) is 0 Å². The predicted molar refractivity (Wildman–Crippen MR) is 96.5 cm³/mol. The zero-order valence-electron chi connectivity index (χ0n) is 14.3. The first kappa shape index (κ1) is 18.5. The van der Waals surface area contributed by atoms with Crippen LogP contribution < -0.4 is 5.32 Å². The second-order valence-corrected chi connectivity index (χ2v) is 7.33. The monoisotopic (exact) mass is 376 g/mol. The van der Waals surface area contributed by atoms with Crippen molar-refractivity contribution in [2.75, 3.05) is 12.4 Å². The number of carbonyl (C=O) groups is 3. The molecule has 3 rings (SSSR count). The van der Waals surface area contributed by atoms with Gasteiger partial charge in [-0.3, -0.25) is 14.5 Å². The van der Waals surface area contributed by atoms with Crippen LogP contribution in [0, 0.1) is 0 Å². The van der Waals surface area contributed by atoms with Crippen LogP contribution in [-0.4, -0.2) is 56.7 Å². The number of aliphatic carboxylic acids is 1. The summed E-state index contributed by atoms with van der Waals surface area (Å²) in [5, 5.41) is 20.9. The standard InChI is InChI=1S/C18H20N2O5S/c1-2-4-10-5-3-6-11(7-10)15(22)19-13-16(23)20-14(18(24)25)12(8-21)9-26-17(13)20/h3,5-7,13,17,21H,2,4,8-9H2,1H3,(H,19,22)(H,24,25)/t13?,17-/m1/s1. The highest BCUT2D eigenvalue weighted by Crippen LogP contribution is 2.40. The maximum Gasteiger partial charge on any atom is 0.352 e. The fourth-order valence-corrected chi connectivity index (χ4v) is 4.52. The van der Waals surface area contributed by atoms with E-state index in [-0.39, 0.29) is 11.6 Å². The molecule has 1 fully saturated rings. The number of nitrogens with zero attached hydrogens (tertiary/aromatic N) is 1. The van der Waals surface area contributed by atoms with Crippen LogP contribution in [0.15, 0.2) is 35.5 Å². The highest BCUT2D eigenvalue weighted by Gasteiger charge is 2.54. The van der Waals surface area contributed by atoms with Gasteiger partial charge < -0.3 is 15.5 Å². The second kappa shape index (κ2) is 7.51. The van der Waals surface area contributed by atoms with Gasteiger partial charge in [0.1, 0.15) is 17.1 Å². The molecule has 0 saturated carbocycles. The van der Waals surface area contributed by atoms with Gasteiger partial charge in [0.25, 0.3) is 11.8 Å². The van der Waals surface area contributed by atoms with Crippen molar-refractivity contribution in [3.05, 3.63) is 46.7 Å². The van der Waals surface area contributed by atoms with Gasteiger partial charge in [0.05, 0.1) is 6.61 Å². The number of aliphatic hydroxyl groups is 1. The van der Waals surface area contributed by atoms with Gasteiger partial charge >= 0.3 is 5.97 Å². The summed E-state index contributed by atoms with van der Waals surface area (Å²) >= 11 is 1.34. The van der Waals surface area contributed by atoms with Crippen molar-refractivity contribution in [3.63, 3.8) is 0 Å². The molecule has 0 bridgehead atoms. The number of carboxylic acid groups (broad SMARTS) is 1. The van der Waals surface area contributed by atoms with E-state index in [4.69, 9.17) is 0 Å². The number of aryl methyl sites for hydroxylation is 1. The minimum absolute atomic E-state index is 0.170. The van der Waals surface area contributed by atoms with E-state index in [9.17, 15) is 24.6 Å². The van der Waals surface area contributed by atoms with E-state index in [1.807, 2.05) is 12.1 Å². The second-order valence-electron chi connectivity index (χ2n) is 6.23. The molecule has 138 valence electrons. The van der Waals surface area contributed by atoms with Gasteiger partial charge in [-0.15, -0.1) is 11.8 Å². The lowest BCUT2D eigenvalue weighted by molar-refractivity contribution is -0.148. The molecular formula is C18H20N2O5S. The molecular weight excluding hydrogens is 356 g/mol. The number of carboxylic acids is 1. The lowest BCUT2D eigenvalue weighted by Gasteiger charge is -2.49. The Bertz CT molecular complexity index is 792. The largest absolute Gasteiger partial charge is 0.477 e. The van der Waals surface area contributed by atoms with Crippen molar-refractivity contribution in [1.29, 1.82) is 0 Å². The number of nitrogens with one attached hydrogen (secondary N) is 1. The van der Waals surface area contributed by atoms with E-state index in [2.05, 4.69) is 12.2 Å². The Hall–Kier alpha value is -2.32. The molecule has 3 N–H and O–H groups in total. The van der Waals surface area contributed by atoms with Crippen LogP contribution >= 0.6 is 11.8 Å². The third kappa shape index (κ3) is 3.22. The Morgan fingerprint density at radius 3 is 2.81 bits per heavy atom. The molecule has 0 aliphatic carbocycles. The SMILES string of the molecule is CCCc1cccc(C(=O)NC2C(=O)N3C(C(=O)O)=C(CO)CS[C@H]23)c1. The highest BCUT2D eigenvalue weighted by atomic mass is 32.2. The van der Waals surface area contributed by atoms with E-state index < -0.39 is 29.9 Å². The van der Waals surface area contributed by atoms with Crippen molar-refractivity contribution in [1.82, 2.24) is 10.2 Å². The van der Waals surface area contributed by atoms with Crippen LogP contribution in [0.1, 0.15) is 29.3 Å². The number of β-lactam (4-membered cyclic amide) rings is 1. The molecule has 1 unspecified atom stereocenters. The lowest BCUT2D eigenvalue weighted by atomic mass is 10.0. The summed E-state index contributed by atoms with van der Waals surface area (Å²) in [5.74, 6) is -1.76. The first-order valence-corrected chi connectivity index (χ1v) is 9.43. The van der Waals surface area contributed by atoms with E-state index in [1.165, 1.54) is 11.8 Å². The average molecular weight is 376 g/mol. The van der Waals surface area contributed by atoms with Crippen molar-refractivity contribution in [3.8, 4) is 0 Å². The van der Waals surface area contributed by atoms with Crippen LogP contribution in [-0.2, 0) is 16.0 Å². The topological polar surface area (TPSA) is 107 Å². The molecule has 2 heterocycles. The molecule has 0 radical (unpaired) electrons. The van der Waals surface area contributed by atoms with Gasteiger partial charge in [0, 0.05) is 11.3 Å². The Kier molecular flexibility index (Phi) is 5.33. The third-order valence-electron chi connectivity index (χ3n) is 4.46. The molecule has 1 aromatic carbocycles. The minimum atomic E-state index is -1.25. The first-order valence-electron chi connectivity index (χ1n) is 8.38. The number of hydrogen-bond acceptors (Lipinski definition) is 5. The van der Waals surface area contributed by atoms with Gasteiger partial charge in [-0.1, -0.05) is 25.5 Å². The van der Waals surface area contributed by atoms with Crippen molar-refractivity contribution >= 4 is 29.5 Å². The van der Waals surface area contributed by atoms with Crippen LogP contribution in [0.2, 0.25) is 0 Å². The van der Waals surface area contributed by atoms with Gasteiger partial charge in [0.2, 0.25) is 0 Å². The van der Waals surface area contributed by atoms with Crippen LogP contribution in [0.25, 0.3) is 0 Å². The van der Waals surface area contributed by atoms with Gasteiger partial charge in [-0.25, -0.2) is 4.79 Å². The smallest absolute Gasteiger partial charge is 0.352 e. The van der Waals surface area contributed by atoms with Crippen molar-refractivity contribution in [2.45, 2.75) is 31.2 Å². The summed E-state index contributed by atoms with van der Waals surface area (Å²) in [4.78, 5) is 37.5. The van der Waals surface area contributed by atoms with E-state index in [1.54, 1.807) is 12.1 Å². The molecule has 8 heteroatoms. The number of aliphatic hydroxyl groups excluding tert-OH is 1. The van der Waals surface area contributed by atoms with Crippen molar-refractivity contribution < 1.29 is 24.6 Å². The zero-order valence-corrected chi connectivity index (χ0v) is 15.1. The maximum absolute atomic E-state index is 12.5. The fourth-order valence-electron chi connectivity index (χ4n) is 3.19. The molecule has 2 atom stereocenters. The van der Waals surface area contributed by atoms with Crippen molar-refractivity contribution in [2.24, 2.45) is 0 Å². The third-order valence-corrected chi connectivity index (χ3v) is 5.79. The molecule has 1 saturated heterocycles. The highest BCUT2D eigenvalue weighted by molar-refractivity contribution is 8.00. The Morgan fingerprint density at radius 2 is 2.15 bits per heavy atom. The number of thioether (sulfide) groups is 1. The Labute approximate surface area is 155 Å². The van der Waals surface area contributed by atoms with Crippen LogP contribution in [0.4, 0.5) is 0 Å². The van der Waals surface area contributed by atoms with E-state index in [0.717, 1.165) is 23.3 Å². The summed E-state index contributed by atoms with van der Waals surface area (Å²) in [6.45, 7) is 1.65. The molecule has 0 spiro atoms. The molecule has 0 aromatic heterocycles. The summed E-state index contributed by atoms with van der Waals surface area (Å²) in [5.41, 5.74) is 1.67. The van der Waals surface area contributed by atoms with Gasteiger partial charge in [-0.2, -0.15) is 0 Å². The normalized spacial score (nSPS) is 21.9. The van der Waals surface area contributed by atoms with E-state index >= 15 is 0 Å². The molecule has 26 heavy (non-hydrogen) atoms. The summed E-state index contributed by atoms with van der Waals surface area (Å²) in [6.07, 6.45) is 1.84. The van der Waals surface area contributed by atoms with Crippen LogP contribution in [0.3, 0.4) is 0 Å². The number of hydrogen-bond donors (Lipinski definition) is 3. The summed E-state index contributed by atoms with van der Waals surface area (Å²) in [6, 6.07) is 6.49. The lowest BCUT2D eigenvalue weighted by Crippen LogP contribution is -2.70. The Balaban J connectivity index is 1.74. The molecule has 2 amide bonds. The number of rotatable bonds is 6. The average Bonchev–Trinajstić information content (AvgIpc) is 2.64. The maximum atomic E-state index is 12.5. The number of fused-ring (bicyclic) bond motifs is 1. The van der Waals surface area contributed by atoms with E-state index in [0.29, 0.717) is 16.9 Å². The zero-order chi connectivity index (χ0) is 18.8.